The van der Waals surface area contributed by atoms with E-state index in [4.69, 9.17) is 9.47 Å². The highest BCUT2D eigenvalue weighted by Crippen LogP contribution is 2.22. The molecule has 0 bridgehead atoms. The molecular weight excluding hydrogens is 278 g/mol. The molecule has 1 N–H and O–H groups in total. The van der Waals surface area contributed by atoms with Crippen LogP contribution in [0.5, 0.6) is 5.75 Å². The molecule has 22 heavy (non-hydrogen) atoms. The van der Waals surface area contributed by atoms with Gasteiger partial charge < -0.3 is 14.8 Å². The third kappa shape index (κ3) is 6.76. The predicted octanol–water partition coefficient (Wildman–Crippen LogP) is 3.56. The van der Waals surface area contributed by atoms with Gasteiger partial charge in [0.25, 0.3) is 0 Å². The van der Waals surface area contributed by atoms with Crippen molar-refractivity contribution in [2.45, 2.75) is 33.6 Å². The summed E-state index contributed by atoms with van der Waals surface area (Å²) in [6, 6.07) is 5.63. The van der Waals surface area contributed by atoms with Gasteiger partial charge >= 0.3 is 0 Å². The highest BCUT2D eigenvalue weighted by molar-refractivity contribution is 5.79. The van der Waals surface area contributed by atoms with Crippen LogP contribution < -0.4 is 10.1 Å². The van der Waals surface area contributed by atoms with Crippen molar-refractivity contribution < 1.29 is 14.3 Å². The van der Waals surface area contributed by atoms with Gasteiger partial charge in [0, 0.05) is 19.4 Å². The molecule has 0 atom stereocenters. The Labute approximate surface area is 133 Å². The Bertz CT molecular complexity index is 504. The van der Waals surface area contributed by atoms with E-state index >= 15 is 0 Å². The molecule has 0 aromatic heterocycles. The number of carbonyl (C=O) groups is 1. The van der Waals surface area contributed by atoms with Gasteiger partial charge in [-0.1, -0.05) is 33.4 Å². The maximum absolute atomic E-state index is 11.1. The summed E-state index contributed by atoms with van der Waals surface area (Å²) in [7, 11) is 1.55. The summed E-state index contributed by atoms with van der Waals surface area (Å²) in [5, 5.41) is 3.34. The lowest BCUT2D eigenvalue weighted by Gasteiger charge is -2.20. The number of aldehydes is 1. The molecule has 0 aliphatic carbocycles. The predicted molar refractivity (Wildman–Crippen MR) is 89.3 cm³/mol. The molecule has 0 aliphatic rings. The summed E-state index contributed by atoms with van der Waals surface area (Å²) < 4.78 is 10.2. The van der Waals surface area contributed by atoms with Crippen molar-refractivity contribution in [2.24, 2.45) is 5.41 Å². The molecule has 1 aromatic rings. The van der Waals surface area contributed by atoms with E-state index in [1.165, 1.54) is 0 Å². The largest absolute Gasteiger partial charge is 0.467 e. The van der Waals surface area contributed by atoms with E-state index in [1.807, 2.05) is 18.2 Å². The standard InChI is InChI=1S/C18H27NO3/c1-14(11-18(2,3)4)19-9-8-15-6-7-17(22-13-21-5)16(10-15)12-20/h6-7,10,12,19H,1,8-9,11,13H2,2-5H3. The summed E-state index contributed by atoms with van der Waals surface area (Å²) in [4.78, 5) is 11.1. The van der Waals surface area contributed by atoms with E-state index in [2.05, 4.69) is 32.7 Å². The number of allylic oxidation sites excluding steroid dienone is 1. The van der Waals surface area contributed by atoms with Crippen LogP contribution in [0.15, 0.2) is 30.5 Å². The lowest BCUT2D eigenvalue weighted by atomic mass is 9.91. The summed E-state index contributed by atoms with van der Waals surface area (Å²) in [6.07, 6.45) is 2.57. The van der Waals surface area contributed by atoms with E-state index in [-0.39, 0.29) is 12.2 Å². The second kappa shape index (κ2) is 8.59. The van der Waals surface area contributed by atoms with Gasteiger partial charge in [0.15, 0.2) is 13.1 Å². The summed E-state index contributed by atoms with van der Waals surface area (Å²) in [6.45, 7) is 11.6. The second-order valence-corrected chi connectivity index (χ2v) is 6.56. The van der Waals surface area contributed by atoms with Crippen LogP contribution >= 0.6 is 0 Å². The van der Waals surface area contributed by atoms with Gasteiger partial charge in [-0.15, -0.1) is 0 Å². The molecule has 0 spiro atoms. The van der Waals surface area contributed by atoms with E-state index in [0.717, 1.165) is 36.9 Å². The summed E-state index contributed by atoms with van der Waals surface area (Å²) in [5.41, 5.74) is 2.91. The zero-order valence-corrected chi connectivity index (χ0v) is 14.1. The Hall–Kier alpha value is -1.81. The molecule has 122 valence electrons. The molecule has 0 radical (unpaired) electrons. The molecule has 4 nitrogen and oxygen atoms in total. The van der Waals surface area contributed by atoms with Crippen LogP contribution in [0.25, 0.3) is 0 Å². The number of carbonyl (C=O) groups excluding carboxylic acids is 1. The van der Waals surface area contributed by atoms with Gasteiger partial charge in [0.05, 0.1) is 5.56 Å². The van der Waals surface area contributed by atoms with Crippen molar-refractivity contribution >= 4 is 6.29 Å². The van der Waals surface area contributed by atoms with E-state index in [1.54, 1.807) is 7.11 Å². The van der Waals surface area contributed by atoms with Gasteiger partial charge in [-0.25, -0.2) is 0 Å². The zero-order chi connectivity index (χ0) is 16.6. The number of methoxy groups -OCH3 is 1. The molecule has 4 heteroatoms. The monoisotopic (exact) mass is 305 g/mol. The van der Waals surface area contributed by atoms with Gasteiger partial charge in [0.1, 0.15) is 5.75 Å². The average Bonchev–Trinajstić information content (AvgIpc) is 2.43. The Morgan fingerprint density at radius 3 is 2.68 bits per heavy atom. The van der Waals surface area contributed by atoms with E-state index in [9.17, 15) is 4.79 Å². The average molecular weight is 305 g/mol. The van der Waals surface area contributed by atoms with E-state index in [0.29, 0.717) is 11.3 Å². The van der Waals surface area contributed by atoms with Crippen LogP contribution in [0.1, 0.15) is 43.1 Å². The first kappa shape index (κ1) is 18.2. The van der Waals surface area contributed by atoms with Crippen molar-refractivity contribution in [3.05, 3.63) is 41.6 Å². The lowest BCUT2D eigenvalue weighted by Crippen LogP contribution is -2.20. The highest BCUT2D eigenvalue weighted by Gasteiger charge is 2.11. The molecule has 1 aromatic carbocycles. The Balaban J connectivity index is 2.53. The lowest BCUT2D eigenvalue weighted by molar-refractivity contribution is 0.0505. The van der Waals surface area contributed by atoms with Crippen LogP contribution in [0.4, 0.5) is 0 Å². The molecule has 0 aliphatic heterocycles. The quantitative estimate of drug-likeness (QED) is 0.560. The molecule has 0 unspecified atom stereocenters. The van der Waals surface area contributed by atoms with Crippen LogP contribution in [0, 0.1) is 5.41 Å². The first-order valence-corrected chi connectivity index (χ1v) is 7.47. The van der Waals surface area contributed by atoms with Gasteiger partial charge in [-0.3, -0.25) is 4.79 Å². The zero-order valence-electron chi connectivity index (χ0n) is 14.1. The third-order valence-corrected chi connectivity index (χ3v) is 3.07. The summed E-state index contributed by atoms with van der Waals surface area (Å²) >= 11 is 0. The number of hydrogen-bond donors (Lipinski definition) is 1. The number of rotatable bonds is 9. The fraction of sp³-hybridized carbons (Fsp3) is 0.500. The van der Waals surface area contributed by atoms with Crippen molar-refractivity contribution in [3.63, 3.8) is 0 Å². The van der Waals surface area contributed by atoms with Gasteiger partial charge in [0.2, 0.25) is 0 Å². The SMILES string of the molecule is C=C(CC(C)(C)C)NCCc1ccc(OCOC)c(C=O)c1. The van der Waals surface area contributed by atoms with Crippen molar-refractivity contribution in [2.75, 3.05) is 20.4 Å². The second-order valence-electron chi connectivity index (χ2n) is 6.56. The Kier molecular flexibility index (Phi) is 7.12. The minimum absolute atomic E-state index is 0.133. The maximum atomic E-state index is 11.1. The highest BCUT2D eigenvalue weighted by atomic mass is 16.7. The summed E-state index contributed by atoms with van der Waals surface area (Å²) in [5.74, 6) is 0.547. The molecule has 0 heterocycles. The molecule has 0 saturated carbocycles. The van der Waals surface area contributed by atoms with Crippen molar-refractivity contribution in [3.8, 4) is 5.75 Å². The van der Waals surface area contributed by atoms with E-state index < -0.39 is 0 Å². The Morgan fingerprint density at radius 1 is 1.36 bits per heavy atom. The smallest absolute Gasteiger partial charge is 0.188 e. The third-order valence-electron chi connectivity index (χ3n) is 3.07. The molecule has 0 saturated heterocycles. The van der Waals surface area contributed by atoms with Gasteiger partial charge in [-0.05, 0) is 36.0 Å². The number of hydrogen-bond acceptors (Lipinski definition) is 4. The van der Waals surface area contributed by atoms with Crippen LogP contribution in [0.3, 0.4) is 0 Å². The van der Waals surface area contributed by atoms with Gasteiger partial charge in [-0.2, -0.15) is 0 Å². The first-order chi connectivity index (χ1) is 10.4. The van der Waals surface area contributed by atoms with Crippen LogP contribution in [-0.4, -0.2) is 26.7 Å². The number of ether oxygens (including phenoxy) is 2. The topological polar surface area (TPSA) is 47.6 Å². The fourth-order valence-electron chi connectivity index (χ4n) is 2.19. The first-order valence-electron chi connectivity index (χ1n) is 7.47. The minimum atomic E-state index is 0.133. The fourth-order valence-corrected chi connectivity index (χ4v) is 2.19. The molecular formula is C18H27NO3. The molecule has 0 fully saturated rings. The van der Waals surface area contributed by atoms with Crippen molar-refractivity contribution in [1.82, 2.24) is 5.32 Å². The Morgan fingerprint density at radius 2 is 2.09 bits per heavy atom. The maximum Gasteiger partial charge on any atom is 0.188 e. The minimum Gasteiger partial charge on any atom is -0.467 e. The van der Waals surface area contributed by atoms with Crippen LogP contribution in [-0.2, 0) is 11.2 Å². The normalized spacial score (nSPS) is 11.1. The number of nitrogens with one attached hydrogen (secondary N) is 1. The van der Waals surface area contributed by atoms with Crippen LogP contribution in [0.2, 0.25) is 0 Å². The van der Waals surface area contributed by atoms with Crippen molar-refractivity contribution in [1.29, 1.82) is 0 Å². The number of benzene rings is 1. The molecule has 0 amide bonds. The molecule has 1 rings (SSSR count).